The fourth-order valence-corrected chi connectivity index (χ4v) is 3.03. The zero-order chi connectivity index (χ0) is 16.2. The highest BCUT2D eigenvalue weighted by atomic mass is 32.1. The Labute approximate surface area is 137 Å². The fourth-order valence-electron chi connectivity index (χ4n) is 2.25. The average molecular weight is 328 g/mol. The van der Waals surface area contributed by atoms with Gasteiger partial charge < -0.3 is 14.8 Å². The normalized spacial score (nSPS) is 12.1. The van der Waals surface area contributed by atoms with Crippen LogP contribution in [-0.2, 0) is 0 Å². The summed E-state index contributed by atoms with van der Waals surface area (Å²) in [6.07, 6.45) is 2.41. The summed E-state index contributed by atoms with van der Waals surface area (Å²) in [4.78, 5) is 16.4. The van der Waals surface area contributed by atoms with Crippen LogP contribution in [-0.4, -0.2) is 22.5 Å². The van der Waals surface area contributed by atoms with E-state index in [-0.39, 0.29) is 12.5 Å². The van der Waals surface area contributed by atoms with Crippen molar-refractivity contribution in [3.63, 3.8) is 0 Å². The maximum Gasteiger partial charge on any atom is 0.270 e. The van der Waals surface area contributed by atoms with Crippen molar-refractivity contribution in [2.45, 2.75) is 13.0 Å². The first-order valence-electron chi connectivity index (χ1n) is 7.15. The van der Waals surface area contributed by atoms with Crippen molar-refractivity contribution in [3.05, 3.63) is 65.1 Å². The van der Waals surface area contributed by atoms with Crippen LogP contribution in [0, 0.1) is 6.92 Å². The largest absolute Gasteiger partial charge is 0.472 e. The van der Waals surface area contributed by atoms with E-state index in [0.29, 0.717) is 5.69 Å². The molecule has 0 fully saturated rings. The van der Waals surface area contributed by atoms with Crippen molar-refractivity contribution in [1.29, 1.82) is 0 Å². The predicted molar refractivity (Wildman–Crippen MR) is 88.3 cm³/mol. The Kier molecular flexibility index (Phi) is 4.55. The standard InChI is InChI=1S/C17H16N2O3S/c1-11-4-2-3-5-13(11)15(20)8-18-16(21)14-10-23-17(19-14)12-6-7-22-9-12/h2-7,9-10,15,20H,8H2,1H3,(H,18,21). The summed E-state index contributed by atoms with van der Waals surface area (Å²) < 4.78 is 5.01. The molecule has 118 valence electrons. The molecule has 0 bridgehead atoms. The summed E-state index contributed by atoms with van der Waals surface area (Å²) in [5, 5.41) is 15.3. The Morgan fingerprint density at radius 3 is 2.96 bits per heavy atom. The van der Waals surface area contributed by atoms with Gasteiger partial charge in [-0.15, -0.1) is 11.3 Å². The first-order chi connectivity index (χ1) is 11.1. The maximum absolute atomic E-state index is 12.1. The molecule has 0 spiro atoms. The van der Waals surface area contributed by atoms with E-state index in [2.05, 4.69) is 10.3 Å². The molecule has 2 aromatic heterocycles. The minimum Gasteiger partial charge on any atom is -0.472 e. The molecule has 3 rings (SSSR count). The van der Waals surface area contributed by atoms with Gasteiger partial charge >= 0.3 is 0 Å². The van der Waals surface area contributed by atoms with Crippen molar-refractivity contribution in [2.24, 2.45) is 0 Å². The van der Waals surface area contributed by atoms with Gasteiger partial charge in [-0.3, -0.25) is 4.79 Å². The number of benzene rings is 1. The van der Waals surface area contributed by atoms with Gasteiger partial charge in [-0.25, -0.2) is 4.98 Å². The van der Waals surface area contributed by atoms with Crippen molar-refractivity contribution in [1.82, 2.24) is 10.3 Å². The minimum absolute atomic E-state index is 0.141. The second kappa shape index (κ2) is 6.76. The van der Waals surface area contributed by atoms with Gasteiger partial charge in [0.25, 0.3) is 5.91 Å². The van der Waals surface area contributed by atoms with Crippen LogP contribution in [0.25, 0.3) is 10.6 Å². The summed E-state index contributed by atoms with van der Waals surface area (Å²) in [5.41, 5.74) is 2.98. The fraction of sp³-hybridized carbons (Fsp3) is 0.176. The number of furan rings is 1. The molecular weight excluding hydrogens is 312 g/mol. The smallest absolute Gasteiger partial charge is 0.270 e. The zero-order valence-corrected chi connectivity index (χ0v) is 13.3. The Balaban J connectivity index is 1.63. The molecule has 6 heteroatoms. The van der Waals surface area contributed by atoms with Gasteiger partial charge in [0.1, 0.15) is 17.0 Å². The third-order valence-corrected chi connectivity index (χ3v) is 4.40. The molecule has 0 aliphatic carbocycles. The van der Waals surface area contributed by atoms with E-state index in [1.807, 2.05) is 31.2 Å². The molecule has 1 aromatic carbocycles. The number of carbonyl (C=O) groups excluding carboxylic acids is 1. The number of aliphatic hydroxyl groups is 1. The minimum atomic E-state index is -0.743. The molecule has 0 radical (unpaired) electrons. The number of hydrogen-bond acceptors (Lipinski definition) is 5. The number of nitrogens with zero attached hydrogens (tertiary/aromatic N) is 1. The van der Waals surface area contributed by atoms with E-state index in [0.717, 1.165) is 21.7 Å². The Morgan fingerprint density at radius 1 is 1.39 bits per heavy atom. The van der Waals surface area contributed by atoms with Crippen LogP contribution in [0.1, 0.15) is 27.7 Å². The van der Waals surface area contributed by atoms with E-state index < -0.39 is 6.10 Å². The second-order valence-corrected chi connectivity index (χ2v) is 5.99. The Bertz CT molecular complexity index is 796. The summed E-state index contributed by atoms with van der Waals surface area (Å²) in [7, 11) is 0. The maximum atomic E-state index is 12.1. The molecule has 5 nitrogen and oxygen atoms in total. The van der Waals surface area contributed by atoms with Crippen LogP contribution in [0.3, 0.4) is 0 Å². The number of nitrogens with one attached hydrogen (secondary N) is 1. The van der Waals surface area contributed by atoms with E-state index in [9.17, 15) is 9.90 Å². The van der Waals surface area contributed by atoms with Gasteiger partial charge in [0.15, 0.2) is 0 Å². The third-order valence-electron chi connectivity index (χ3n) is 3.51. The summed E-state index contributed by atoms with van der Waals surface area (Å²) in [6, 6.07) is 9.36. The monoisotopic (exact) mass is 328 g/mol. The van der Waals surface area contributed by atoms with Gasteiger partial charge in [-0.2, -0.15) is 0 Å². The number of aryl methyl sites for hydroxylation is 1. The molecule has 1 atom stereocenters. The number of amides is 1. The highest BCUT2D eigenvalue weighted by Crippen LogP contribution is 2.24. The lowest BCUT2D eigenvalue weighted by Crippen LogP contribution is -2.28. The first-order valence-corrected chi connectivity index (χ1v) is 8.03. The van der Waals surface area contributed by atoms with Crippen molar-refractivity contribution >= 4 is 17.2 Å². The first kappa shape index (κ1) is 15.5. The second-order valence-electron chi connectivity index (χ2n) is 5.13. The highest BCUT2D eigenvalue weighted by Gasteiger charge is 2.15. The molecule has 0 saturated carbocycles. The van der Waals surface area contributed by atoms with Crippen LogP contribution < -0.4 is 5.32 Å². The van der Waals surface area contributed by atoms with E-state index >= 15 is 0 Å². The molecule has 23 heavy (non-hydrogen) atoms. The van der Waals surface area contributed by atoms with Gasteiger partial charge in [0.2, 0.25) is 0 Å². The lowest BCUT2D eigenvalue weighted by atomic mass is 10.0. The van der Waals surface area contributed by atoms with Crippen LogP contribution in [0.4, 0.5) is 0 Å². The third kappa shape index (κ3) is 3.49. The number of rotatable bonds is 5. The molecule has 1 amide bonds. The summed E-state index contributed by atoms with van der Waals surface area (Å²) >= 11 is 1.37. The van der Waals surface area contributed by atoms with Crippen molar-refractivity contribution < 1.29 is 14.3 Å². The zero-order valence-electron chi connectivity index (χ0n) is 12.5. The van der Waals surface area contributed by atoms with Crippen LogP contribution in [0.2, 0.25) is 0 Å². The Hall–Kier alpha value is -2.44. The quantitative estimate of drug-likeness (QED) is 0.754. The number of hydrogen-bond donors (Lipinski definition) is 2. The van der Waals surface area contributed by atoms with Crippen molar-refractivity contribution in [3.8, 4) is 10.6 Å². The van der Waals surface area contributed by atoms with Gasteiger partial charge in [0.05, 0.1) is 12.4 Å². The molecule has 0 aliphatic rings. The number of aromatic nitrogens is 1. The van der Waals surface area contributed by atoms with Gasteiger partial charge in [-0.05, 0) is 24.1 Å². The van der Waals surface area contributed by atoms with Crippen LogP contribution in [0.15, 0.2) is 52.7 Å². The highest BCUT2D eigenvalue weighted by molar-refractivity contribution is 7.13. The lowest BCUT2D eigenvalue weighted by Gasteiger charge is -2.14. The number of thiazole rings is 1. The molecule has 0 saturated heterocycles. The molecule has 0 aliphatic heterocycles. The molecule has 1 unspecified atom stereocenters. The van der Waals surface area contributed by atoms with Gasteiger partial charge in [0, 0.05) is 17.5 Å². The van der Waals surface area contributed by atoms with E-state index in [4.69, 9.17) is 4.42 Å². The lowest BCUT2D eigenvalue weighted by molar-refractivity contribution is 0.0912. The molecular formula is C17H16N2O3S. The summed E-state index contributed by atoms with van der Waals surface area (Å²) in [5.74, 6) is -0.302. The predicted octanol–water partition coefficient (Wildman–Crippen LogP) is 3.17. The van der Waals surface area contributed by atoms with Gasteiger partial charge in [-0.1, -0.05) is 24.3 Å². The molecule has 2 heterocycles. The Morgan fingerprint density at radius 2 is 2.22 bits per heavy atom. The topological polar surface area (TPSA) is 75.4 Å². The molecule has 2 N–H and O–H groups in total. The number of carbonyl (C=O) groups is 1. The van der Waals surface area contributed by atoms with E-state index in [1.54, 1.807) is 24.0 Å². The molecule has 3 aromatic rings. The van der Waals surface area contributed by atoms with Crippen molar-refractivity contribution in [2.75, 3.05) is 6.54 Å². The van der Waals surface area contributed by atoms with Crippen LogP contribution >= 0.6 is 11.3 Å². The number of aliphatic hydroxyl groups excluding tert-OH is 1. The SMILES string of the molecule is Cc1ccccc1C(O)CNC(=O)c1csc(-c2ccoc2)n1. The van der Waals surface area contributed by atoms with Crippen LogP contribution in [0.5, 0.6) is 0 Å². The summed E-state index contributed by atoms with van der Waals surface area (Å²) in [6.45, 7) is 2.07. The van der Waals surface area contributed by atoms with E-state index in [1.165, 1.54) is 11.3 Å². The average Bonchev–Trinajstić information content (AvgIpc) is 3.23.